The van der Waals surface area contributed by atoms with Gasteiger partial charge in [-0.25, -0.2) is 4.79 Å². The third-order valence-electron chi connectivity index (χ3n) is 2.48. The van der Waals surface area contributed by atoms with E-state index in [0.29, 0.717) is 25.3 Å². The number of hydrogen-bond acceptors (Lipinski definition) is 4. The molecule has 1 aromatic carbocycles. The van der Waals surface area contributed by atoms with Gasteiger partial charge in [-0.2, -0.15) is 0 Å². The second kappa shape index (κ2) is 7.57. The first kappa shape index (κ1) is 16.9. The van der Waals surface area contributed by atoms with Crippen molar-refractivity contribution < 1.29 is 14.3 Å². The highest BCUT2D eigenvalue weighted by atomic mass is 16.6. The number of carbonyl (C=O) groups is 1. The van der Waals surface area contributed by atoms with E-state index in [1.54, 1.807) is 12.1 Å². The number of nitrogen functional groups attached to an aromatic ring is 1. The van der Waals surface area contributed by atoms with Gasteiger partial charge in [0.2, 0.25) is 0 Å². The van der Waals surface area contributed by atoms with Gasteiger partial charge in [0.05, 0.1) is 6.54 Å². The molecule has 0 aromatic heterocycles. The monoisotopic (exact) mass is 292 g/mol. The molecule has 0 unspecified atom stereocenters. The van der Waals surface area contributed by atoms with Gasteiger partial charge in [0, 0.05) is 5.69 Å². The summed E-state index contributed by atoms with van der Waals surface area (Å²) in [7, 11) is 0. The summed E-state index contributed by atoms with van der Waals surface area (Å²) in [4.78, 5) is 11.5. The van der Waals surface area contributed by atoms with E-state index in [-0.39, 0.29) is 0 Å². The van der Waals surface area contributed by atoms with E-state index in [0.717, 1.165) is 11.3 Å². The Morgan fingerprint density at radius 2 is 2.14 bits per heavy atom. The average Bonchev–Trinajstić information content (AvgIpc) is 2.35. The van der Waals surface area contributed by atoms with E-state index in [9.17, 15) is 4.79 Å². The number of nitrogens with two attached hydrogens (primary N) is 1. The highest BCUT2D eigenvalue weighted by Gasteiger charge is 2.15. The van der Waals surface area contributed by atoms with Crippen molar-refractivity contribution >= 4 is 11.8 Å². The Balaban J connectivity index is 2.42. The third-order valence-corrected chi connectivity index (χ3v) is 2.48. The number of amides is 1. The van der Waals surface area contributed by atoms with E-state index >= 15 is 0 Å². The van der Waals surface area contributed by atoms with Crippen LogP contribution in [0.25, 0.3) is 0 Å². The molecule has 3 N–H and O–H groups in total. The molecule has 1 rings (SSSR count). The summed E-state index contributed by atoms with van der Waals surface area (Å²) in [6, 6.07) is 5.46. The van der Waals surface area contributed by atoms with E-state index in [4.69, 9.17) is 15.2 Å². The number of carbonyl (C=O) groups excluding carboxylic acids is 1. The molecule has 0 spiro atoms. The molecule has 0 aliphatic carbocycles. The van der Waals surface area contributed by atoms with Crippen molar-refractivity contribution in [1.29, 1.82) is 0 Å². The van der Waals surface area contributed by atoms with E-state index in [1.165, 1.54) is 0 Å². The molecule has 0 radical (unpaired) electrons. The van der Waals surface area contributed by atoms with Gasteiger partial charge < -0.3 is 20.5 Å². The molecular weight excluding hydrogens is 268 g/mol. The fraction of sp³-hybridized carbons (Fsp3) is 0.438. The Morgan fingerprint density at radius 3 is 2.76 bits per heavy atom. The minimum Gasteiger partial charge on any atom is -0.491 e. The maximum Gasteiger partial charge on any atom is 0.407 e. The summed E-state index contributed by atoms with van der Waals surface area (Å²) in [6.45, 7) is 9.89. The van der Waals surface area contributed by atoms with Crippen LogP contribution < -0.4 is 15.8 Å². The molecule has 5 nitrogen and oxygen atoms in total. The number of anilines is 1. The van der Waals surface area contributed by atoms with Crippen LogP contribution in [0.15, 0.2) is 30.9 Å². The Hall–Kier alpha value is -2.17. The zero-order valence-electron chi connectivity index (χ0n) is 12.9. The van der Waals surface area contributed by atoms with Crippen LogP contribution in [0.5, 0.6) is 5.75 Å². The van der Waals surface area contributed by atoms with Gasteiger partial charge in [0.1, 0.15) is 18.0 Å². The second-order valence-corrected chi connectivity index (χ2v) is 5.64. The third kappa shape index (κ3) is 6.70. The molecule has 116 valence electrons. The first-order chi connectivity index (χ1) is 9.81. The van der Waals surface area contributed by atoms with Crippen LogP contribution in [-0.2, 0) is 11.2 Å². The molecule has 1 aromatic rings. The first-order valence-electron chi connectivity index (χ1n) is 6.91. The van der Waals surface area contributed by atoms with Gasteiger partial charge in [-0.05, 0) is 51.0 Å². The lowest BCUT2D eigenvalue weighted by Gasteiger charge is -2.19. The molecule has 0 heterocycles. The number of hydrogen-bond donors (Lipinski definition) is 2. The van der Waals surface area contributed by atoms with Crippen molar-refractivity contribution in [2.24, 2.45) is 0 Å². The van der Waals surface area contributed by atoms with Gasteiger partial charge in [-0.3, -0.25) is 0 Å². The van der Waals surface area contributed by atoms with Crippen molar-refractivity contribution in [1.82, 2.24) is 5.32 Å². The molecule has 0 fully saturated rings. The van der Waals surface area contributed by atoms with Crippen LogP contribution in [0.4, 0.5) is 10.5 Å². The predicted molar refractivity (Wildman–Crippen MR) is 84.5 cm³/mol. The normalized spacial score (nSPS) is 10.8. The minimum absolute atomic E-state index is 0.354. The summed E-state index contributed by atoms with van der Waals surface area (Å²) in [5.74, 6) is 0.745. The van der Waals surface area contributed by atoms with Crippen LogP contribution in [-0.4, -0.2) is 24.8 Å². The highest BCUT2D eigenvalue weighted by molar-refractivity contribution is 5.67. The Morgan fingerprint density at radius 1 is 1.43 bits per heavy atom. The van der Waals surface area contributed by atoms with Crippen LogP contribution >= 0.6 is 0 Å². The zero-order chi connectivity index (χ0) is 15.9. The van der Waals surface area contributed by atoms with Crippen LogP contribution in [0.1, 0.15) is 26.3 Å². The van der Waals surface area contributed by atoms with Gasteiger partial charge in [0.15, 0.2) is 0 Å². The van der Waals surface area contributed by atoms with Gasteiger partial charge in [-0.15, -0.1) is 6.58 Å². The largest absolute Gasteiger partial charge is 0.491 e. The lowest BCUT2D eigenvalue weighted by atomic mass is 10.1. The quantitative estimate of drug-likeness (QED) is 0.480. The fourth-order valence-corrected chi connectivity index (χ4v) is 1.68. The second-order valence-electron chi connectivity index (χ2n) is 5.64. The SMILES string of the molecule is C=CCc1cc(N)ccc1OCCNC(=O)OC(C)(C)C. The molecule has 0 saturated carbocycles. The summed E-state index contributed by atoms with van der Waals surface area (Å²) in [6.07, 6.45) is 2.02. The Labute approximate surface area is 126 Å². The van der Waals surface area contributed by atoms with Gasteiger partial charge in [0.25, 0.3) is 0 Å². The maximum atomic E-state index is 11.5. The summed E-state index contributed by atoms with van der Waals surface area (Å²) in [5, 5.41) is 2.64. The van der Waals surface area contributed by atoms with Crippen molar-refractivity contribution in [3.63, 3.8) is 0 Å². The minimum atomic E-state index is -0.501. The molecule has 0 atom stereocenters. The number of rotatable bonds is 6. The zero-order valence-corrected chi connectivity index (χ0v) is 12.9. The van der Waals surface area contributed by atoms with Crippen molar-refractivity contribution in [2.75, 3.05) is 18.9 Å². The summed E-state index contributed by atoms with van der Waals surface area (Å²) in [5.41, 5.74) is 6.91. The molecule has 0 aliphatic rings. The fourth-order valence-electron chi connectivity index (χ4n) is 1.68. The predicted octanol–water partition coefficient (Wildman–Crippen LogP) is 2.90. The molecule has 1 amide bonds. The van der Waals surface area contributed by atoms with Crippen molar-refractivity contribution in [2.45, 2.75) is 32.8 Å². The number of benzene rings is 1. The number of alkyl carbamates (subject to hydrolysis) is 1. The number of allylic oxidation sites excluding steroid dienone is 1. The smallest absolute Gasteiger partial charge is 0.407 e. The maximum absolute atomic E-state index is 11.5. The Kier molecular flexibility index (Phi) is 6.09. The van der Waals surface area contributed by atoms with E-state index < -0.39 is 11.7 Å². The Bertz CT molecular complexity index is 493. The van der Waals surface area contributed by atoms with Crippen LogP contribution in [0.2, 0.25) is 0 Å². The van der Waals surface area contributed by atoms with E-state index in [2.05, 4.69) is 11.9 Å². The first-order valence-corrected chi connectivity index (χ1v) is 6.91. The van der Waals surface area contributed by atoms with Crippen molar-refractivity contribution in [3.05, 3.63) is 36.4 Å². The number of nitrogens with one attached hydrogen (secondary N) is 1. The molecular formula is C16H24N2O3. The van der Waals surface area contributed by atoms with Crippen LogP contribution in [0.3, 0.4) is 0 Å². The topological polar surface area (TPSA) is 73.6 Å². The summed E-state index contributed by atoms with van der Waals surface area (Å²) >= 11 is 0. The molecule has 0 aliphatic heterocycles. The van der Waals surface area contributed by atoms with Gasteiger partial charge in [-0.1, -0.05) is 6.08 Å². The summed E-state index contributed by atoms with van der Waals surface area (Å²) < 4.78 is 10.8. The lowest BCUT2D eigenvalue weighted by Crippen LogP contribution is -2.34. The molecule has 0 bridgehead atoms. The van der Waals surface area contributed by atoms with E-state index in [1.807, 2.05) is 32.9 Å². The molecule has 5 heteroatoms. The average molecular weight is 292 g/mol. The molecule has 21 heavy (non-hydrogen) atoms. The number of ether oxygens (including phenoxy) is 2. The van der Waals surface area contributed by atoms with Crippen LogP contribution in [0, 0.1) is 0 Å². The standard InChI is InChI=1S/C16H24N2O3/c1-5-6-12-11-13(17)7-8-14(12)20-10-9-18-15(19)21-16(2,3)4/h5,7-8,11H,1,6,9-10,17H2,2-4H3,(H,18,19). The van der Waals surface area contributed by atoms with Crippen molar-refractivity contribution in [3.8, 4) is 5.75 Å². The van der Waals surface area contributed by atoms with Gasteiger partial charge >= 0.3 is 6.09 Å². The lowest BCUT2D eigenvalue weighted by molar-refractivity contribution is 0.0520. The molecule has 0 saturated heterocycles. The highest BCUT2D eigenvalue weighted by Crippen LogP contribution is 2.22.